The summed E-state index contributed by atoms with van der Waals surface area (Å²) in [6, 6.07) is 8.05. The zero-order chi connectivity index (χ0) is 18.9. The number of benzene rings is 1. The van der Waals surface area contributed by atoms with Crippen molar-refractivity contribution in [3.05, 3.63) is 45.6 Å². The van der Waals surface area contributed by atoms with Gasteiger partial charge in [0.2, 0.25) is 0 Å². The predicted molar refractivity (Wildman–Crippen MR) is 104 cm³/mol. The van der Waals surface area contributed by atoms with Gasteiger partial charge in [-0.2, -0.15) is 0 Å². The number of methoxy groups -OCH3 is 1. The topological polar surface area (TPSA) is 62.2 Å². The van der Waals surface area contributed by atoms with Gasteiger partial charge in [0.15, 0.2) is 0 Å². The normalized spacial score (nSPS) is 23.7. The third-order valence-corrected chi connectivity index (χ3v) is 6.41. The molecule has 1 fully saturated rings. The fraction of sp³-hybridized carbons (Fsp3) is 0.429. The van der Waals surface area contributed by atoms with Gasteiger partial charge in [-0.05, 0) is 17.7 Å². The Hall–Kier alpha value is -2.04. The van der Waals surface area contributed by atoms with Crippen molar-refractivity contribution in [2.45, 2.75) is 12.5 Å². The largest absolute Gasteiger partial charge is 0.497 e. The maximum Gasteiger partial charge on any atom is 0.126 e. The minimum absolute atomic E-state index is 0.108. The summed E-state index contributed by atoms with van der Waals surface area (Å²) in [6.45, 7) is 3.02. The van der Waals surface area contributed by atoms with E-state index in [2.05, 4.69) is 28.9 Å². The molecule has 6 heteroatoms. The number of aliphatic hydroxyl groups excluding tert-OH is 2. The smallest absolute Gasteiger partial charge is 0.126 e. The van der Waals surface area contributed by atoms with Gasteiger partial charge in [0.05, 0.1) is 20.3 Å². The maximum absolute atomic E-state index is 10.2. The van der Waals surface area contributed by atoms with E-state index in [-0.39, 0.29) is 24.5 Å². The molecule has 0 aliphatic carbocycles. The van der Waals surface area contributed by atoms with E-state index < -0.39 is 0 Å². The van der Waals surface area contributed by atoms with E-state index in [0.717, 1.165) is 42.3 Å². The number of ether oxygens (including phenoxy) is 2. The molecule has 0 spiro atoms. The molecule has 1 saturated heterocycles. The molecule has 5 nitrogen and oxygen atoms in total. The van der Waals surface area contributed by atoms with E-state index >= 15 is 0 Å². The van der Waals surface area contributed by atoms with Crippen LogP contribution in [0.4, 0.5) is 0 Å². The maximum atomic E-state index is 10.2. The van der Waals surface area contributed by atoms with Crippen molar-refractivity contribution in [1.82, 2.24) is 4.90 Å². The zero-order valence-electron chi connectivity index (χ0n) is 15.3. The quantitative estimate of drug-likeness (QED) is 0.789. The van der Waals surface area contributed by atoms with Crippen LogP contribution in [-0.2, 0) is 6.54 Å². The Balaban J connectivity index is 1.54. The molecule has 2 aromatic rings. The summed E-state index contributed by atoms with van der Waals surface area (Å²) in [5.74, 6) is 7.53. The first-order valence-corrected chi connectivity index (χ1v) is 9.86. The number of nitrogens with zero attached hydrogens (tertiary/aromatic N) is 1. The van der Waals surface area contributed by atoms with Crippen LogP contribution in [0.1, 0.15) is 21.9 Å². The fourth-order valence-electron chi connectivity index (χ4n) is 4.14. The Morgan fingerprint density at radius 3 is 3.04 bits per heavy atom. The number of rotatable bonds is 4. The van der Waals surface area contributed by atoms with E-state index in [4.69, 9.17) is 14.6 Å². The summed E-state index contributed by atoms with van der Waals surface area (Å²) < 4.78 is 11.3. The van der Waals surface area contributed by atoms with Gasteiger partial charge in [-0.25, -0.2) is 0 Å². The lowest BCUT2D eigenvalue weighted by atomic mass is 9.74. The molecule has 0 saturated carbocycles. The molecule has 0 unspecified atom stereocenters. The number of likely N-dealkylation sites (tertiary alicyclic amines) is 1. The van der Waals surface area contributed by atoms with Crippen LogP contribution < -0.4 is 9.47 Å². The van der Waals surface area contributed by atoms with Crippen LogP contribution in [-0.4, -0.2) is 55.1 Å². The van der Waals surface area contributed by atoms with Gasteiger partial charge >= 0.3 is 0 Å². The monoisotopic (exact) mass is 385 g/mol. The lowest BCUT2D eigenvalue weighted by Crippen LogP contribution is -2.42. The van der Waals surface area contributed by atoms with Crippen molar-refractivity contribution in [2.24, 2.45) is 5.41 Å². The van der Waals surface area contributed by atoms with Gasteiger partial charge in [-0.15, -0.1) is 11.3 Å². The molecule has 27 heavy (non-hydrogen) atoms. The van der Waals surface area contributed by atoms with E-state index in [1.165, 1.54) is 4.88 Å². The average molecular weight is 385 g/mol. The highest BCUT2D eigenvalue weighted by atomic mass is 32.1. The second-order valence-corrected chi connectivity index (χ2v) is 8.19. The first-order chi connectivity index (χ1) is 13.2. The van der Waals surface area contributed by atoms with Gasteiger partial charge in [0.25, 0.3) is 0 Å². The Bertz CT molecular complexity index is 884. The summed E-state index contributed by atoms with van der Waals surface area (Å²) in [6.07, 6.45) is 0. The summed E-state index contributed by atoms with van der Waals surface area (Å²) in [5.41, 5.74) is 1.83. The lowest BCUT2D eigenvalue weighted by molar-refractivity contribution is 0.0456. The molecular weight excluding hydrogens is 362 g/mol. The van der Waals surface area contributed by atoms with Crippen LogP contribution in [0.25, 0.3) is 0 Å². The van der Waals surface area contributed by atoms with Crippen molar-refractivity contribution < 1.29 is 19.7 Å². The molecule has 2 aliphatic heterocycles. The summed E-state index contributed by atoms with van der Waals surface area (Å²) >= 11 is 1.68. The van der Waals surface area contributed by atoms with Gasteiger partial charge < -0.3 is 19.7 Å². The molecule has 3 heterocycles. The van der Waals surface area contributed by atoms with Crippen LogP contribution in [0.15, 0.2) is 29.6 Å². The van der Waals surface area contributed by atoms with E-state index in [9.17, 15) is 5.11 Å². The van der Waals surface area contributed by atoms with Gasteiger partial charge in [-0.1, -0.05) is 17.9 Å². The number of hydrogen-bond acceptors (Lipinski definition) is 6. The van der Waals surface area contributed by atoms with Crippen molar-refractivity contribution in [3.63, 3.8) is 0 Å². The molecule has 1 aromatic heterocycles. The minimum atomic E-state index is -0.266. The molecular formula is C21H23NO4S. The van der Waals surface area contributed by atoms with Gasteiger partial charge in [0.1, 0.15) is 18.1 Å². The molecule has 2 N–H and O–H groups in total. The highest BCUT2D eigenvalue weighted by molar-refractivity contribution is 7.10. The number of aliphatic hydroxyl groups is 2. The Morgan fingerprint density at radius 2 is 2.26 bits per heavy atom. The van der Waals surface area contributed by atoms with Crippen LogP contribution in [0.3, 0.4) is 0 Å². The summed E-state index contributed by atoms with van der Waals surface area (Å²) in [4.78, 5) is 3.62. The molecule has 0 amide bonds. The fourth-order valence-corrected chi connectivity index (χ4v) is 5.00. The van der Waals surface area contributed by atoms with E-state index in [0.29, 0.717) is 6.61 Å². The lowest BCUT2D eigenvalue weighted by Gasteiger charge is -2.38. The molecule has 0 bridgehead atoms. The van der Waals surface area contributed by atoms with Crippen molar-refractivity contribution in [1.29, 1.82) is 0 Å². The van der Waals surface area contributed by atoms with Crippen molar-refractivity contribution >= 4 is 11.3 Å². The highest BCUT2D eigenvalue weighted by Crippen LogP contribution is 2.50. The highest BCUT2D eigenvalue weighted by Gasteiger charge is 2.50. The number of fused-ring (bicyclic) bond motifs is 3. The summed E-state index contributed by atoms with van der Waals surface area (Å²) in [5, 5.41) is 21.0. The Kier molecular flexibility index (Phi) is 5.11. The van der Waals surface area contributed by atoms with E-state index in [1.807, 2.05) is 17.5 Å². The first-order valence-electron chi connectivity index (χ1n) is 8.98. The molecule has 142 valence electrons. The number of thiophene rings is 1. The number of hydrogen-bond donors (Lipinski definition) is 2. The molecule has 0 radical (unpaired) electrons. The second kappa shape index (κ2) is 7.53. The van der Waals surface area contributed by atoms with Crippen LogP contribution in [0, 0.1) is 17.3 Å². The Labute approximate surface area is 163 Å². The molecule has 1 aromatic carbocycles. The van der Waals surface area contributed by atoms with Crippen LogP contribution in [0.2, 0.25) is 0 Å². The third kappa shape index (κ3) is 3.44. The van der Waals surface area contributed by atoms with Crippen molar-refractivity contribution in [2.75, 3.05) is 40.0 Å². The predicted octanol–water partition coefficient (Wildman–Crippen LogP) is 2.07. The summed E-state index contributed by atoms with van der Waals surface area (Å²) in [7, 11) is 1.65. The van der Waals surface area contributed by atoms with Gasteiger partial charge in [-0.3, -0.25) is 4.90 Å². The van der Waals surface area contributed by atoms with E-state index in [1.54, 1.807) is 18.4 Å². The standard InChI is InChI=1S/C21H23NO4S/c1-25-16-4-5-18-19-10-22(9-17-7-15(11-27-17)3-2-6-23)12-21(19,13-24)14-26-20(18)8-16/h4-5,7-8,11,19,23-24H,6,9-10,12-14H2,1H3/t19-,21-/m1/s1. The molecule has 2 aliphatic rings. The second-order valence-electron chi connectivity index (χ2n) is 7.20. The Morgan fingerprint density at radius 1 is 1.37 bits per heavy atom. The van der Waals surface area contributed by atoms with Crippen molar-refractivity contribution in [3.8, 4) is 23.3 Å². The SMILES string of the molecule is COc1ccc2c(c1)OC[C@]1(CO)CN(Cc3cc(C#CCO)cs3)C[C@H]21. The average Bonchev–Trinajstić information content (AvgIpc) is 3.30. The minimum Gasteiger partial charge on any atom is -0.497 e. The zero-order valence-corrected chi connectivity index (χ0v) is 16.1. The van der Waals surface area contributed by atoms with Crippen LogP contribution in [0.5, 0.6) is 11.5 Å². The van der Waals surface area contributed by atoms with Crippen LogP contribution >= 0.6 is 11.3 Å². The third-order valence-electron chi connectivity index (χ3n) is 5.49. The molecule has 4 rings (SSSR count). The molecule has 2 atom stereocenters. The van der Waals surface area contributed by atoms with Gasteiger partial charge in [0, 0.05) is 52.9 Å². The first kappa shape index (κ1) is 18.3.